The van der Waals surface area contributed by atoms with E-state index >= 15 is 0 Å². The number of aryl methyl sites for hydroxylation is 2. The van der Waals surface area contributed by atoms with E-state index in [9.17, 15) is 0 Å². The second-order valence-electron chi connectivity index (χ2n) is 6.40. The summed E-state index contributed by atoms with van der Waals surface area (Å²) in [6.07, 6.45) is 1.72. The first-order valence-corrected chi connectivity index (χ1v) is 10.0. The van der Waals surface area contributed by atoms with Gasteiger partial charge in [0.05, 0.1) is 5.69 Å². The quantitative estimate of drug-likeness (QED) is 0.576. The fourth-order valence-corrected chi connectivity index (χ4v) is 3.95. The Bertz CT molecular complexity index is 841. The van der Waals surface area contributed by atoms with Crippen molar-refractivity contribution in [2.24, 2.45) is 5.92 Å². The molecular formula is C18H22N4OS2. The van der Waals surface area contributed by atoms with E-state index < -0.39 is 0 Å². The van der Waals surface area contributed by atoms with Gasteiger partial charge in [-0.2, -0.15) is 0 Å². The van der Waals surface area contributed by atoms with Crippen LogP contribution in [0.1, 0.15) is 30.7 Å². The van der Waals surface area contributed by atoms with Crippen molar-refractivity contribution in [3.05, 3.63) is 41.3 Å². The van der Waals surface area contributed by atoms with Gasteiger partial charge in [-0.05, 0) is 31.4 Å². The average Bonchev–Trinajstić information content (AvgIpc) is 3.20. The van der Waals surface area contributed by atoms with Crippen LogP contribution in [0.15, 0.2) is 33.2 Å². The number of aromatic nitrogens is 3. The zero-order valence-corrected chi connectivity index (χ0v) is 16.5. The van der Waals surface area contributed by atoms with E-state index in [1.165, 1.54) is 11.1 Å². The molecule has 1 N–H and O–H groups in total. The Balaban J connectivity index is 1.60. The Labute approximate surface area is 156 Å². The molecule has 0 aliphatic carbocycles. The van der Waals surface area contributed by atoms with E-state index in [0.29, 0.717) is 17.6 Å². The monoisotopic (exact) mass is 374 g/mol. The maximum absolute atomic E-state index is 5.66. The highest BCUT2D eigenvalue weighted by Crippen LogP contribution is 2.30. The highest BCUT2D eigenvalue weighted by Gasteiger charge is 2.11. The molecule has 0 bridgehead atoms. The van der Waals surface area contributed by atoms with Gasteiger partial charge in [-0.15, -0.1) is 10.2 Å². The minimum atomic E-state index is 0.582. The van der Waals surface area contributed by atoms with Gasteiger partial charge in [-0.1, -0.05) is 54.6 Å². The second-order valence-corrected chi connectivity index (χ2v) is 8.60. The van der Waals surface area contributed by atoms with Crippen LogP contribution in [0.5, 0.6) is 0 Å². The predicted octanol–water partition coefficient (Wildman–Crippen LogP) is 5.17. The maximum atomic E-state index is 5.66. The highest BCUT2D eigenvalue weighted by molar-refractivity contribution is 8.00. The van der Waals surface area contributed by atoms with Crippen LogP contribution < -0.4 is 5.32 Å². The Morgan fingerprint density at radius 3 is 2.84 bits per heavy atom. The SMILES string of the molecule is Cc1ccc(-c2nc(CSc3nnc(NCC(C)C)s3)co2)c(C)c1. The number of anilines is 1. The topological polar surface area (TPSA) is 63.8 Å². The molecular weight excluding hydrogens is 352 g/mol. The fraction of sp³-hybridized carbons (Fsp3) is 0.389. The zero-order chi connectivity index (χ0) is 17.8. The largest absolute Gasteiger partial charge is 0.444 e. The molecule has 0 saturated carbocycles. The molecule has 25 heavy (non-hydrogen) atoms. The van der Waals surface area contributed by atoms with Crippen LogP contribution in [0.3, 0.4) is 0 Å². The number of hydrogen-bond acceptors (Lipinski definition) is 7. The summed E-state index contributed by atoms with van der Waals surface area (Å²) in [5.74, 6) is 1.97. The van der Waals surface area contributed by atoms with Crippen LogP contribution >= 0.6 is 23.1 Å². The third-order valence-electron chi connectivity index (χ3n) is 3.58. The van der Waals surface area contributed by atoms with Crippen LogP contribution in [0.2, 0.25) is 0 Å². The molecule has 3 aromatic rings. The van der Waals surface area contributed by atoms with Gasteiger partial charge in [-0.3, -0.25) is 0 Å². The number of oxazole rings is 1. The molecule has 2 heterocycles. The van der Waals surface area contributed by atoms with Crippen molar-refractivity contribution < 1.29 is 4.42 Å². The minimum absolute atomic E-state index is 0.582. The lowest BCUT2D eigenvalue weighted by molar-refractivity contribution is 0.573. The minimum Gasteiger partial charge on any atom is -0.444 e. The molecule has 0 spiro atoms. The molecule has 5 nitrogen and oxygen atoms in total. The van der Waals surface area contributed by atoms with E-state index in [4.69, 9.17) is 4.42 Å². The molecule has 132 valence electrons. The van der Waals surface area contributed by atoms with Gasteiger partial charge in [0.15, 0.2) is 4.34 Å². The zero-order valence-electron chi connectivity index (χ0n) is 14.9. The van der Waals surface area contributed by atoms with E-state index in [1.807, 2.05) is 0 Å². The normalized spacial score (nSPS) is 11.2. The Morgan fingerprint density at radius 1 is 1.24 bits per heavy atom. The molecule has 0 unspecified atom stereocenters. The summed E-state index contributed by atoms with van der Waals surface area (Å²) in [6, 6.07) is 6.28. The van der Waals surface area contributed by atoms with E-state index in [1.54, 1.807) is 29.4 Å². The molecule has 3 rings (SSSR count). The first kappa shape index (κ1) is 17.9. The van der Waals surface area contributed by atoms with Gasteiger partial charge in [0.2, 0.25) is 11.0 Å². The number of rotatable bonds is 7. The van der Waals surface area contributed by atoms with Gasteiger partial charge in [0.25, 0.3) is 0 Å². The summed E-state index contributed by atoms with van der Waals surface area (Å²) in [4.78, 5) is 4.61. The van der Waals surface area contributed by atoms with E-state index in [2.05, 4.69) is 66.4 Å². The summed E-state index contributed by atoms with van der Waals surface area (Å²) < 4.78 is 6.59. The van der Waals surface area contributed by atoms with Crippen LogP contribution in [-0.4, -0.2) is 21.7 Å². The molecule has 0 radical (unpaired) electrons. The maximum Gasteiger partial charge on any atom is 0.226 e. The molecule has 0 fully saturated rings. The predicted molar refractivity (Wildman–Crippen MR) is 104 cm³/mol. The fourth-order valence-electron chi connectivity index (χ4n) is 2.32. The van der Waals surface area contributed by atoms with Gasteiger partial charge in [0.1, 0.15) is 6.26 Å². The van der Waals surface area contributed by atoms with Crippen molar-refractivity contribution in [2.75, 3.05) is 11.9 Å². The summed E-state index contributed by atoms with van der Waals surface area (Å²) in [6.45, 7) is 9.40. The highest BCUT2D eigenvalue weighted by atomic mass is 32.2. The summed E-state index contributed by atoms with van der Waals surface area (Å²) >= 11 is 3.20. The first-order valence-electron chi connectivity index (χ1n) is 8.23. The molecule has 0 aliphatic rings. The Kier molecular flexibility index (Phi) is 5.75. The average molecular weight is 375 g/mol. The van der Waals surface area contributed by atoms with E-state index in [-0.39, 0.29) is 0 Å². The van der Waals surface area contributed by atoms with Crippen molar-refractivity contribution in [1.82, 2.24) is 15.2 Å². The lowest BCUT2D eigenvalue weighted by Gasteiger charge is -2.03. The van der Waals surface area contributed by atoms with Gasteiger partial charge in [-0.25, -0.2) is 4.98 Å². The smallest absolute Gasteiger partial charge is 0.226 e. The number of thioether (sulfide) groups is 1. The summed E-state index contributed by atoms with van der Waals surface area (Å²) in [7, 11) is 0. The molecule has 0 aliphatic heterocycles. The molecule has 0 saturated heterocycles. The summed E-state index contributed by atoms with van der Waals surface area (Å²) in [5.41, 5.74) is 4.36. The Morgan fingerprint density at radius 2 is 2.08 bits per heavy atom. The van der Waals surface area contributed by atoms with E-state index in [0.717, 1.165) is 27.3 Å². The van der Waals surface area contributed by atoms with Gasteiger partial charge in [0, 0.05) is 17.9 Å². The first-order chi connectivity index (χ1) is 12.0. The third kappa shape index (κ3) is 4.83. The third-order valence-corrected chi connectivity index (χ3v) is 5.62. The Hall–Kier alpha value is -1.86. The lowest BCUT2D eigenvalue weighted by Crippen LogP contribution is -2.07. The van der Waals surface area contributed by atoms with Crippen LogP contribution in [-0.2, 0) is 5.75 Å². The standard InChI is InChI=1S/C18H22N4OS2/c1-11(2)8-19-17-21-22-18(25-17)24-10-14-9-23-16(20-14)15-6-5-12(3)7-13(15)4/h5-7,9,11H,8,10H2,1-4H3,(H,19,21). The second kappa shape index (κ2) is 8.01. The van der Waals surface area contributed by atoms with Gasteiger partial charge < -0.3 is 9.73 Å². The van der Waals surface area contributed by atoms with Crippen LogP contribution in [0.4, 0.5) is 5.13 Å². The molecule has 2 aromatic heterocycles. The molecule has 1 aromatic carbocycles. The molecule has 0 amide bonds. The van der Waals surface area contributed by atoms with Crippen molar-refractivity contribution >= 4 is 28.2 Å². The lowest BCUT2D eigenvalue weighted by atomic mass is 10.1. The van der Waals surface area contributed by atoms with Gasteiger partial charge >= 0.3 is 0 Å². The van der Waals surface area contributed by atoms with Crippen LogP contribution in [0, 0.1) is 19.8 Å². The summed E-state index contributed by atoms with van der Waals surface area (Å²) in [5, 5.41) is 12.5. The van der Waals surface area contributed by atoms with Crippen molar-refractivity contribution in [1.29, 1.82) is 0 Å². The molecule has 7 heteroatoms. The van der Waals surface area contributed by atoms with Crippen molar-refractivity contribution in [3.8, 4) is 11.5 Å². The number of nitrogens with one attached hydrogen (secondary N) is 1. The van der Waals surface area contributed by atoms with Crippen molar-refractivity contribution in [2.45, 2.75) is 37.8 Å². The number of benzene rings is 1. The van der Waals surface area contributed by atoms with Crippen molar-refractivity contribution in [3.63, 3.8) is 0 Å². The van der Waals surface area contributed by atoms with Crippen LogP contribution in [0.25, 0.3) is 11.5 Å². The molecule has 0 atom stereocenters. The number of nitrogens with zero attached hydrogens (tertiary/aromatic N) is 3. The number of hydrogen-bond donors (Lipinski definition) is 1.